The molecule has 2 N–H and O–H groups in total. The van der Waals surface area contributed by atoms with Crippen molar-refractivity contribution < 1.29 is 29.3 Å². The number of anilines is 4. The fraction of sp³-hybridized carbons (Fsp3) is 0.267. The minimum absolute atomic E-state index is 0.00623. The van der Waals surface area contributed by atoms with Gasteiger partial charge in [-0.1, -0.05) is 36.9 Å². The third kappa shape index (κ3) is 6.53. The number of amides is 1. The zero-order valence-corrected chi connectivity index (χ0v) is 22.4. The zero-order chi connectivity index (χ0) is 38.6. The Bertz CT molecular complexity index is 1980. The zero-order valence-electron chi connectivity index (χ0n) is 33.4. The van der Waals surface area contributed by atoms with Gasteiger partial charge in [-0.15, -0.1) is 0 Å². The summed E-state index contributed by atoms with van der Waals surface area (Å²) in [6, 6.07) is 12.5. The number of aromatic nitrogens is 4. The lowest BCUT2D eigenvalue weighted by atomic mass is 10.1. The molecular formula is C30H34N8O3. The van der Waals surface area contributed by atoms with E-state index in [2.05, 4.69) is 37.0 Å². The second-order valence-corrected chi connectivity index (χ2v) is 8.61. The summed E-state index contributed by atoms with van der Waals surface area (Å²) in [5.74, 6) is -0.980. The fourth-order valence-corrected chi connectivity index (χ4v) is 3.81. The smallest absolute Gasteiger partial charge is 0.247 e. The van der Waals surface area contributed by atoms with Gasteiger partial charge in [0.2, 0.25) is 11.9 Å². The van der Waals surface area contributed by atoms with Gasteiger partial charge in [-0.05, 0) is 26.2 Å². The van der Waals surface area contributed by atoms with Gasteiger partial charge in [0.1, 0.15) is 5.75 Å². The van der Waals surface area contributed by atoms with Crippen LogP contribution in [0.4, 0.5) is 23.0 Å². The van der Waals surface area contributed by atoms with Crippen LogP contribution in [0.3, 0.4) is 0 Å². The number of ether oxygens (including phenoxy) is 2. The number of benzene rings is 2. The van der Waals surface area contributed by atoms with Gasteiger partial charge in [-0.2, -0.15) is 10.1 Å². The third-order valence-electron chi connectivity index (χ3n) is 5.56. The van der Waals surface area contributed by atoms with E-state index in [9.17, 15) is 4.79 Å². The molecule has 0 bridgehead atoms. The molecule has 0 saturated carbocycles. The Kier molecular flexibility index (Phi) is 5.28. The van der Waals surface area contributed by atoms with Crippen molar-refractivity contribution in [3.05, 3.63) is 79.1 Å². The summed E-state index contributed by atoms with van der Waals surface area (Å²) in [7, 11) is 4.30. The molecule has 0 radical (unpaired) electrons. The van der Waals surface area contributed by atoms with E-state index in [4.69, 9.17) is 19.8 Å². The van der Waals surface area contributed by atoms with Crippen LogP contribution >= 0.6 is 0 Å². The molecular weight excluding hydrogens is 520 g/mol. The number of nitrogens with one attached hydrogen (secondary N) is 2. The lowest BCUT2D eigenvalue weighted by Crippen LogP contribution is -2.36. The Morgan fingerprint density at radius 1 is 1.24 bits per heavy atom. The summed E-state index contributed by atoms with van der Waals surface area (Å²) in [6.45, 7) is -12.2. The van der Waals surface area contributed by atoms with Crippen LogP contribution in [0.5, 0.6) is 5.75 Å². The van der Waals surface area contributed by atoms with Gasteiger partial charge in [0, 0.05) is 57.9 Å². The van der Waals surface area contributed by atoms with Gasteiger partial charge in [0.15, 0.2) is 5.82 Å². The van der Waals surface area contributed by atoms with Crippen LogP contribution in [0.25, 0.3) is 17.1 Å². The molecule has 11 heteroatoms. The molecule has 1 saturated heterocycles. The van der Waals surface area contributed by atoms with Gasteiger partial charge < -0.3 is 29.9 Å². The van der Waals surface area contributed by atoms with E-state index in [1.807, 2.05) is 0 Å². The highest BCUT2D eigenvalue weighted by atomic mass is 16.5. The first-order chi connectivity index (χ1) is 24.1. The normalized spacial score (nSPS) is 22.4. The SMILES string of the molecule is [2H]c1c(C([2H])([2H])N(C)C)c(-c2ccccc2)nn1-c1ccnc(Nc2cc(NC(=O)C=C)c(N3C([2H])([2H])C([2H])([2H])OC([2H])([2H])C3([2H])[2H])cc2OC)n1. The quantitative estimate of drug-likeness (QED) is 0.275. The van der Waals surface area contributed by atoms with Crippen LogP contribution in [0.2, 0.25) is 0 Å². The van der Waals surface area contributed by atoms with Crippen LogP contribution < -0.4 is 20.3 Å². The van der Waals surface area contributed by atoms with E-state index in [-0.39, 0.29) is 51.2 Å². The number of nitrogens with zero attached hydrogens (tertiary/aromatic N) is 6. The highest BCUT2D eigenvalue weighted by molar-refractivity contribution is 6.02. The minimum atomic E-state index is -3.38. The molecule has 1 fully saturated rings. The van der Waals surface area contributed by atoms with Crippen molar-refractivity contribution in [3.8, 4) is 22.8 Å². The van der Waals surface area contributed by atoms with Crippen molar-refractivity contribution in [2.75, 3.05) is 62.9 Å². The molecule has 4 aromatic rings. The van der Waals surface area contributed by atoms with Crippen molar-refractivity contribution in [1.82, 2.24) is 24.6 Å². The second-order valence-electron chi connectivity index (χ2n) is 8.61. The molecule has 0 spiro atoms. The van der Waals surface area contributed by atoms with Crippen molar-refractivity contribution in [2.24, 2.45) is 0 Å². The molecule has 2 aromatic heterocycles. The van der Waals surface area contributed by atoms with Gasteiger partial charge in [0.25, 0.3) is 0 Å². The van der Waals surface area contributed by atoms with Crippen LogP contribution in [0.1, 0.15) is 20.6 Å². The van der Waals surface area contributed by atoms with E-state index in [1.165, 1.54) is 44.4 Å². The third-order valence-corrected chi connectivity index (χ3v) is 5.56. The molecule has 1 aliphatic heterocycles. The van der Waals surface area contributed by atoms with Crippen LogP contribution in [-0.2, 0) is 16.0 Å². The van der Waals surface area contributed by atoms with Crippen LogP contribution in [0, 0.1) is 0 Å². The van der Waals surface area contributed by atoms with Gasteiger partial charge in [0.05, 0.1) is 55.3 Å². The lowest BCUT2D eigenvalue weighted by Gasteiger charge is -2.31. The van der Waals surface area contributed by atoms with Crippen molar-refractivity contribution in [2.45, 2.75) is 6.50 Å². The maximum Gasteiger partial charge on any atom is 0.247 e. The average Bonchev–Trinajstić information content (AvgIpc) is 3.42. The number of carbonyl (C=O) groups excluding carboxylic acids is 1. The van der Waals surface area contributed by atoms with E-state index in [0.29, 0.717) is 5.56 Å². The first-order valence-corrected chi connectivity index (χ1v) is 12.2. The first kappa shape index (κ1) is 17.2. The Morgan fingerprint density at radius 3 is 2.73 bits per heavy atom. The fourth-order valence-electron chi connectivity index (χ4n) is 3.81. The van der Waals surface area contributed by atoms with E-state index in [1.54, 1.807) is 30.3 Å². The topological polar surface area (TPSA) is 110 Å². The van der Waals surface area contributed by atoms with Gasteiger partial charge in [-0.3, -0.25) is 4.79 Å². The maximum atomic E-state index is 12.6. The first-order valence-electron chi connectivity index (χ1n) is 17.7. The number of rotatable bonds is 10. The Labute approximate surface area is 254 Å². The highest BCUT2D eigenvalue weighted by Gasteiger charge is 2.20. The van der Waals surface area contributed by atoms with Gasteiger partial charge in [-0.25, -0.2) is 9.67 Å². The van der Waals surface area contributed by atoms with E-state index >= 15 is 0 Å². The number of hydrogen-bond donors (Lipinski definition) is 2. The summed E-state index contributed by atoms with van der Waals surface area (Å²) in [5, 5.41) is 9.89. The molecule has 0 aliphatic carbocycles. The second kappa shape index (κ2) is 12.6. The summed E-state index contributed by atoms with van der Waals surface area (Å²) in [4.78, 5) is 22.8. The Hall–Kier alpha value is -4.74. The van der Waals surface area contributed by atoms with Crippen LogP contribution in [-0.4, -0.2) is 77.9 Å². The molecule has 5 rings (SSSR count). The molecule has 1 amide bonds. The number of carbonyl (C=O) groups is 1. The maximum absolute atomic E-state index is 12.6. The molecule has 3 heterocycles. The van der Waals surface area contributed by atoms with Crippen molar-refractivity contribution in [3.63, 3.8) is 0 Å². The number of methoxy groups -OCH3 is 1. The monoisotopic (exact) mass is 565 g/mol. The summed E-state index contributed by atoms with van der Waals surface area (Å²) < 4.78 is 104. The minimum Gasteiger partial charge on any atom is -0.494 e. The summed E-state index contributed by atoms with van der Waals surface area (Å²) >= 11 is 0. The van der Waals surface area contributed by atoms with Crippen molar-refractivity contribution >= 4 is 28.9 Å². The Morgan fingerprint density at radius 2 is 2.02 bits per heavy atom. The molecule has 41 heavy (non-hydrogen) atoms. The molecule has 2 aromatic carbocycles. The number of hydrogen-bond acceptors (Lipinski definition) is 9. The van der Waals surface area contributed by atoms with Gasteiger partial charge >= 0.3 is 0 Å². The summed E-state index contributed by atoms with van der Waals surface area (Å²) in [6.07, 6.45) is 1.94. The van der Waals surface area contributed by atoms with E-state index in [0.717, 1.165) is 16.8 Å². The standard InChI is InChI=1S/C30H34N8O3/c1-5-28(39)32-23-17-24(26(40-4)18-25(23)37-13-15-41-16-14-37)33-30-31-12-11-27(34-30)38-20-22(19-36(2)3)29(35-38)21-9-7-6-8-10-21/h5-12,17-18,20H,1,13-16,19H2,2-4H3,(H,32,39)(H,31,33,34)/i13D2,14D2,15D2,16D2,19D2,20D. The molecule has 0 unspecified atom stereocenters. The largest absolute Gasteiger partial charge is 0.494 e. The molecule has 11 nitrogen and oxygen atoms in total. The average molecular weight is 566 g/mol. The molecule has 212 valence electrons. The molecule has 0 atom stereocenters. The predicted molar refractivity (Wildman–Crippen MR) is 160 cm³/mol. The lowest BCUT2D eigenvalue weighted by molar-refractivity contribution is -0.111. The van der Waals surface area contributed by atoms with Crippen molar-refractivity contribution in [1.29, 1.82) is 0 Å². The predicted octanol–water partition coefficient (Wildman–Crippen LogP) is 4.10. The number of morpholine rings is 1. The highest BCUT2D eigenvalue weighted by Crippen LogP contribution is 2.38. The van der Waals surface area contributed by atoms with E-state index < -0.39 is 44.2 Å². The molecule has 1 aliphatic rings. The summed E-state index contributed by atoms with van der Waals surface area (Å²) in [5.41, 5.74) is -0.0116. The Balaban J connectivity index is 1.64. The van der Waals surface area contributed by atoms with Crippen LogP contribution in [0.15, 0.2) is 73.6 Å².